The van der Waals surface area contributed by atoms with Crippen molar-refractivity contribution in [1.82, 2.24) is 0 Å². The summed E-state index contributed by atoms with van der Waals surface area (Å²) < 4.78 is 0. The third kappa shape index (κ3) is 2.82. The van der Waals surface area contributed by atoms with Gasteiger partial charge in [-0.2, -0.15) is 0 Å². The maximum atomic E-state index is 12.6. The van der Waals surface area contributed by atoms with Gasteiger partial charge in [-0.15, -0.1) is 0 Å². The van der Waals surface area contributed by atoms with Crippen molar-refractivity contribution < 1.29 is 4.79 Å². The van der Waals surface area contributed by atoms with Crippen LogP contribution in [0, 0.1) is 5.41 Å². The number of nitrogens with one attached hydrogen (secondary N) is 2. The van der Waals surface area contributed by atoms with Gasteiger partial charge in [-0.1, -0.05) is 56.8 Å². The number of para-hydroxylation sites is 1. The zero-order valence-corrected chi connectivity index (χ0v) is 15.9. The molecule has 1 fully saturated rings. The van der Waals surface area contributed by atoms with E-state index >= 15 is 0 Å². The van der Waals surface area contributed by atoms with E-state index in [1.54, 1.807) is 11.8 Å². The lowest BCUT2D eigenvalue weighted by Gasteiger charge is -2.21. The van der Waals surface area contributed by atoms with Gasteiger partial charge in [0, 0.05) is 10.5 Å². The Morgan fingerprint density at radius 3 is 2.42 bits per heavy atom. The molecule has 132 valence electrons. The van der Waals surface area contributed by atoms with Crippen molar-refractivity contribution in [3.05, 3.63) is 64.7 Å². The number of amides is 1. The van der Waals surface area contributed by atoms with Crippen molar-refractivity contribution in [3.63, 3.8) is 0 Å². The summed E-state index contributed by atoms with van der Waals surface area (Å²) in [4.78, 5) is 15.3. The van der Waals surface area contributed by atoms with Crippen LogP contribution in [0.15, 0.2) is 64.0 Å². The molecule has 4 nitrogen and oxygen atoms in total. The van der Waals surface area contributed by atoms with Gasteiger partial charge in [0.05, 0.1) is 22.8 Å². The molecule has 0 aromatic heterocycles. The Morgan fingerprint density at radius 1 is 1.08 bits per heavy atom. The first-order valence-electron chi connectivity index (χ1n) is 8.64. The van der Waals surface area contributed by atoms with E-state index in [9.17, 15) is 4.79 Å². The Balaban J connectivity index is 1.64. The predicted octanol–water partition coefficient (Wildman–Crippen LogP) is 5.13. The number of carbonyl (C=O) groups is 1. The van der Waals surface area contributed by atoms with Gasteiger partial charge in [0.2, 0.25) is 5.91 Å². The van der Waals surface area contributed by atoms with Crippen LogP contribution in [-0.2, 0) is 10.2 Å². The summed E-state index contributed by atoms with van der Waals surface area (Å²) in [5.74, 6) is 0.209. The molecule has 0 atom stereocenters. The zero-order valence-electron chi connectivity index (χ0n) is 15.1. The van der Waals surface area contributed by atoms with Crippen molar-refractivity contribution in [3.8, 4) is 0 Å². The predicted molar refractivity (Wildman–Crippen MR) is 108 cm³/mol. The van der Waals surface area contributed by atoms with Crippen LogP contribution in [0.3, 0.4) is 0 Å². The largest absolute Gasteiger partial charge is 0.349 e. The quantitative estimate of drug-likeness (QED) is 0.739. The molecule has 5 heteroatoms. The normalized spacial score (nSPS) is 19.7. The van der Waals surface area contributed by atoms with E-state index in [0.717, 1.165) is 26.9 Å². The van der Waals surface area contributed by atoms with E-state index in [-0.39, 0.29) is 23.6 Å². The van der Waals surface area contributed by atoms with E-state index in [1.165, 1.54) is 10.5 Å². The molecule has 1 amide bonds. The maximum Gasteiger partial charge on any atom is 0.237 e. The van der Waals surface area contributed by atoms with Crippen molar-refractivity contribution in [2.24, 2.45) is 0 Å². The fourth-order valence-corrected chi connectivity index (χ4v) is 4.25. The van der Waals surface area contributed by atoms with E-state index < -0.39 is 0 Å². The number of rotatable bonds is 1. The van der Waals surface area contributed by atoms with E-state index in [4.69, 9.17) is 5.41 Å². The number of anilines is 2. The number of fused-ring (bicyclic) bond motifs is 1. The zero-order chi connectivity index (χ0) is 18.5. The summed E-state index contributed by atoms with van der Waals surface area (Å²) in [6, 6.07) is 16.0. The number of hydrogen-bond donors (Lipinski definition) is 2. The molecule has 2 aromatic rings. The highest BCUT2D eigenvalue weighted by molar-refractivity contribution is 8.03. The first kappa shape index (κ1) is 16.9. The molecule has 2 N–H and O–H groups in total. The average molecular weight is 363 g/mol. The van der Waals surface area contributed by atoms with Crippen molar-refractivity contribution >= 4 is 34.9 Å². The topological polar surface area (TPSA) is 56.2 Å². The van der Waals surface area contributed by atoms with Gasteiger partial charge in [-0.05, 0) is 35.2 Å². The minimum absolute atomic E-state index is 0.0561. The number of benzene rings is 2. The van der Waals surface area contributed by atoms with Crippen LogP contribution in [0.5, 0.6) is 0 Å². The standard InChI is InChI=1S/C21H21N3OS/c1-21(2,3)13-8-10-14(11-9-13)24-18(25)12-15(19(24)22)20-23-16-6-4-5-7-17(16)26-20/h4-11,22-23H,12H2,1-3H3/b20-15-,22-19?. The Labute approximate surface area is 157 Å². The minimum atomic E-state index is -0.0561. The second-order valence-corrected chi connectivity index (χ2v) is 8.63. The molecule has 2 heterocycles. The number of amidine groups is 1. The minimum Gasteiger partial charge on any atom is -0.349 e. The van der Waals surface area contributed by atoms with E-state index in [2.05, 4.69) is 26.1 Å². The maximum absolute atomic E-state index is 12.6. The second-order valence-electron chi connectivity index (χ2n) is 7.58. The molecule has 0 saturated carbocycles. The van der Waals surface area contributed by atoms with Crippen LogP contribution in [0.2, 0.25) is 0 Å². The molecular weight excluding hydrogens is 342 g/mol. The van der Waals surface area contributed by atoms with Gasteiger partial charge in [0.25, 0.3) is 0 Å². The number of thioether (sulfide) groups is 1. The van der Waals surface area contributed by atoms with Crippen LogP contribution in [-0.4, -0.2) is 11.7 Å². The molecule has 0 radical (unpaired) electrons. The Morgan fingerprint density at radius 2 is 1.77 bits per heavy atom. The first-order chi connectivity index (χ1) is 12.3. The highest BCUT2D eigenvalue weighted by Crippen LogP contribution is 2.44. The summed E-state index contributed by atoms with van der Waals surface area (Å²) in [6.45, 7) is 6.48. The fraction of sp³-hybridized carbons (Fsp3) is 0.238. The van der Waals surface area contributed by atoms with Crippen molar-refractivity contribution in [1.29, 1.82) is 5.41 Å². The van der Waals surface area contributed by atoms with Crippen LogP contribution < -0.4 is 10.2 Å². The van der Waals surface area contributed by atoms with Gasteiger partial charge >= 0.3 is 0 Å². The molecule has 0 unspecified atom stereocenters. The lowest BCUT2D eigenvalue weighted by molar-refractivity contribution is -0.116. The molecule has 2 aromatic carbocycles. The number of hydrogen-bond acceptors (Lipinski definition) is 4. The van der Waals surface area contributed by atoms with Crippen LogP contribution in [0.4, 0.5) is 11.4 Å². The molecule has 2 aliphatic rings. The summed E-state index contributed by atoms with van der Waals surface area (Å²) in [6.07, 6.45) is 0.253. The smallest absolute Gasteiger partial charge is 0.237 e. The summed E-state index contributed by atoms with van der Waals surface area (Å²) in [7, 11) is 0. The average Bonchev–Trinajstić information content (AvgIpc) is 3.15. The van der Waals surface area contributed by atoms with Gasteiger partial charge in [-0.25, -0.2) is 0 Å². The Bertz CT molecular complexity index is 911. The molecule has 26 heavy (non-hydrogen) atoms. The lowest BCUT2D eigenvalue weighted by Crippen LogP contribution is -2.28. The second kappa shape index (κ2) is 6.02. The van der Waals surface area contributed by atoms with E-state index in [1.807, 2.05) is 48.5 Å². The fourth-order valence-electron chi connectivity index (χ4n) is 3.20. The molecule has 2 aliphatic heterocycles. The highest BCUT2D eigenvalue weighted by atomic mass is 32.2. The third-order valence-electron chi connectivity index (χ3n) is 4.70. The highest BCUT2D eigenvalue weighted by Gasteiger charge is 2.36. The van der Waals surface area contributed by atoms with Crippen molar-refractivity contribution in [2.45, 2.75) is 37.5 Å². The summed E-state index contributed by atoms with van der Waals surface area (Å²) in [5, 5.41) is 12.8. The van der Waals surface area contributed by atoms with E-state index in [0.29, 0.717) is 0 Å². The molecule has 0 aliphatic carbocycles. The monoisotopic (exact) mass is 363 g/mol. The molecule has 0 spiro atoms. The van der Waals surface area contributed by atoms with Crippen LogP contribution in [0.1, 0.15) is 32.8 Å². The Kier molecular flexibility index (Phi) is 3.92. The number of nitrogens with zero attached hydrogens (tertiary/aromatic N) is 1. The van der Waals surface area contributed by atoms with Crippen LogP contribution >= 0.6 is 11.8 Å². The van der Waals surface area contributed by atoms with Crippen molar-refractivity contribution in [2.75, 3.05) is 10.2 Å². The van der Waals surface area contributed by atoms with Gasteiger partial charge in [-0.3, -0.25) is 15.1 Å². The summed E-state index contributed by atoms with van der Waals surface area (Å²) in [5.41, 5.74) is 3.82. The van der Waals surface area contributed by atoms with Gasteiger partial charge < -0.3 is 5.32 Å². The summed E-state index contributed by atoms with van der Waals surface area (Å²) >= 11 is 1.59. The third-order valence-corrected chi connectivity index (χ3v) is 5.83. The molecule has 0 bridgehead atoms. The molecule has 4 rings (SSSR count). The Hall–Kier alpha value is -2.53. The van der Waals surface area contributed by atoms with Crippen LogP contribution in [0.25, 0.3) is 0 Å². The lowest BCUT2D eigenvalue weighted by atomic mass is 9.87. The van der Waals surface area contributed by atoms with Gasteiger partial charge in [0.15, 0.2) is 0 Å². The molecule has 1 saturated heterocycles. The number of carbonyl (C=O) groups excluding carboxylic acids is 1. The SMILES string of the molecule is CC(C)(C)c1ccc(N2C(=N)/C(=C3/Nc4ccccc4S3)CC2=O)cc1. The first-order valence-corrected chi connectivity index (χ1v) is 9.46. The molecular formula is C21H21N3OS. The van der Waals surface area contributed by atoms with Gasteiger partial charge in [0.1, 0.15) is 5.84 Å².